The Morgan fingerprint density at radius 2 is 2.39 bits per heavy atom. The number of anilines is 1. The molecule has 0 aromatic heterocycles. The molecule has 98 valence electrons. The van der Waals surface area contributed by atoms with E-state index in [1.807, 2.05) is 0 Å². The van der Waals surface area contributed by atoms with Crippen LogP contribution in [0.5, 0.6) is 0 Å². The van der Waals surface area contributed by atoms with Crippen LogP contribution in [-0.2, 0) is 4.79 Å². The second-order valence-electron chi connectivity index (χ2n) is 5.04. The van der Waals surface area contributed by atoms with Crippen LogP contribution >= 0.6 is 0 Å². The Morgan fingerprint density at radius 3 is 2.94 bits per heavy atom. The fourth-order valence-electron chi connectivity index (χ4n) is 2.70. The number of rotatable bonds is 4. The Labute approximate surface area is 106 Å². The van der Waals surface area contributed by atoms with Gasteiger partial charge in [0.05, 0.1) is 0 Å². The van der Waals surface area contributed by atoms with E-state index in [9.17, 15) is 14.3 Å². The van der Waals surface area contributed by atoms with Crippen LogP contribution in [0.1, 0.15) is 32.6 Å². The molecule has 1 fully saturated rings. The van der Waals surface area contributed by atoms with E-state index in [1.54, 1.807) is 12.1 Å². The Balaban J connectivity index is 2.20. The molecule has 1 aromatic carbocycles. The van der Waals surface area contributed by atoms with E-state index in [0.717, 1.165) is 12.8 Å². The molecule has 4 heteroatoms. The normalized spacial score (nSPS) is 27.1. The summed E-state index contributed by atoms with van der Waals surface area (Å²) in [5.41, 5.74) is -0.400. The van der Waals surface area contributed by atoms with Gasteiger partial charge in [-0.2, -0.15) is 0 Å². The molecule has 1 aliphatic carbocycles. The smallest absolute Gasteiger partial charge is 0.329 e. The van der Waals surface area contributed by atoms with Crippen LogP contribution in [-0.4, -0.2) is 16.6 Å². The molecule has 1 aliphatic rings. The van der Waals surface area contributed by atoms with Crippen molar-refractivity contribution >= 4 is 11.7 Å². The minimum atomic E-state index is -0.936. The van der Waals surface area contributed by atoms with E-state index in [1.165, 1.54) is 12.1 Å². The second-order valence-corrected chi connectivity index (χ2v) is 5.04. The third-order valence-electron chi connectivity index (χ3n) is 3.81. The van der Waals surface area contributed by atoms with Crippen molar-refractivity contribution in [3.63, 3.8) is 0 Å². The molecule has 2 atom stereocenters. The van der Waals surface area contributed by atoms with Crippen molar-refractivity contribution in [2.45, 2.75) is 38.1 Å². The van der Waals surface area contributed by atoms with Gasteiger partial charge >= 0.3 is 5.97 Å². The van der Waals surface area contributed by atoms with Gasteiger partial charge in [-0.15, -0.1) is 0 Å². The molecule has 0 saturated heterocycles. The fourth-order valence-corrected chi connectivity index (χ4v) is 2.70. The van der Waals surface area contributed by atoms with E-state index in [0.29, 0.717) is 24.4 Å². The second kappa shape index (κ2) is 4.96. The van der Waals surface area contributed by atoms with Crippen LogP contribution in [0, 0.1) is 11.7 Å². The summed E-state index contributed by atoms with van der Waals surface area (Å²) in [6, 6.07) is 5.97. The molecule has 3 nitrogen and oxygen atoms in total. The van der Waals surface area contributed by atoms with Crippen molar-refractivity contribution in [2.24, 2.45) is 5.92 Å². The van der Waals surface area contributed by atoms with E-state index in [2.05, 4.69) is 12.2 Å². The van der Waals surface area contributed by atoms with Gasteiger partial charge in [-0.3, -0.25) is 0 Å². The minimum absolute atomic E-state index is 0.356. The predicted octanol–water partition coefficient (Wildman–Crippen LogP) is 3.27. The SMILES string of the molecule is CCC1CCC(Nc2cccc(F)c2)(C(=O)O)C1. The van der Waals surface area contributed by atoms with Crippen LogP contribution in [0.15, 0.2) is 24.3 Å². The van der Waals surface area contributed by atoms with E-state index >= 15 is 0 Å². The van der Waals surface area contributed by atoms with Gasteiger partial charge in [0, 0.05) is 5.69 Å². The zero-order valence-corrected chi connectivity index (χ0v) is 10.4. The van der Waals surface area contributed by atoms with Crippen LogP contribution < -0.4 is 5.32 Å². The zero-order chi connectivity index (χ0) is 13.2. The maximum absolute atomic E-state index is 13.1. The molecule has 18 heavy (non-hydrogen) atoms. The number of nitrogens with one attached hydrogen (secondary N) is 1. The summed E-state index contributed by atoms with van der Waals surface area (Å²) >= 11 is 0. The number of benzene rings is 1. The third kappa shape index (κ3) is 2.47. The molecule has 0 heterocycles. The summed E-state index contributed by atoms with van der Waals surface area (Å²) in [6.07, 6.45) is 3.09. The average molecular weight is 251 g/mol. The van der Waals surface area contributed by atoms with Gasteiger partial charge in [0.25, 0.3) is 0 Å². The molecular formula is C14H18FNO2. The van der Waals surface area contributed by atoms with Crippen molar-refractivity contribution in [2.75, 3.05) is 5.32 Å². The van der Waals surface area contributed by atoms with Crippen LogP contribution in [0.25, 0.3) is 0 Å². The highest BCUT2D eigenvalue weighted by Crippen LogP contribution is 2.39. The first-order chi connectivity index (χ1) is 8.55. The van der Waals surface area contributed by atoms with Crippen molar-refractivity contribution in [1.82, 2.24) is 0 Å². The number of hydrogen-bond acceptors (Lipinski definition) is 2. The molecule has 0 aliphatic heterocycles. The van der Waals surface area contributed by atoms with Gasteiger partial charge in [-0.05, 0) is 43.4 Å². The number of halogens is 1. The third-order valence-corrected chi connectivity index (χ3v) is 3.81. The van der Waals surface area contributed by atoms with Gasteiger partial charge in [0.1, 0.15) is 11.4 Å². The lowest BCUT2D eigenvalue weighted by atomic mass is 9.94. The molecular weight excluding hydrogens is 233 g/mol. The monoisotopic (exact) mass is 251 g/mol. The molecule has 0 spiro atoms. The first kappa shape index (κ1) is 12.9. The Morgan fingerprint density at radius 1 is 1.61 bits per heavy atom. The van der Waals surface area contributed by atoms with Gasteiger partial charge in [0.15, 0.2) is 0 Å². The van der Waals surface area contributed by atoms with Crippen molar-refractivity contribution in [3.8, 4) is 0 Å². The largest absolute Gasteiger partial charge is 0.480 e. The molecule has 2 rings (SSSR count). The molecule has 1 aromatic rings. The fraction of sp³-hybridized carbons (Fsp3) is 0.500. The summed E-state index contributed by atoms with van der Waals surface area (Å²) in [5, 5.41) is 12.5. The van der Waals surface area contributed by atoms with Crippen LogP contribution in [0.2, 0.25) is 0 Å². The Hall–Kier alpha value is -1.58. The molecule has 0 radical (unpaired) electrons. The van der Waals surface area contributed by atoms with Gasteiger partial charge in [0.2, 0.25) is 0 Å². The van der Waals surface area contributed by atoms with E-state index in [-0.39, 0.29) is 5.82 Å². The quantitative estimate of drug-likeness (QED) is 0.863. The number of carboxylic acids is 1. The van der Waals surface area contributed by atoms with Crippen molar-refractivity contribution in [3.05, 3.63) is 30.1 Å². The highest BCUT2D eigenvalue weighted by molar-refractivity contribution is 5.83. The Kier molecular flexibility index (Phi) is 3.55. The highest BCUT2D eigenvalue weighted by Gasteiger charge is 2.44. The van der Waals surface area contributed by atoms with Gasteiger partial charge < -0.3 is 10.4 Å². The maximum Gasteiger partial charge on any atom is 0.329 e. The summed E-state index contributed by atoms with van der Waals surface area (Å²) in [5.74, 6) is -0.768. The van der Waals surface area contributed by atoms with Crippen molar-refractivity contribution in [1.29, 1.82) is 0 Å². The van der Waals surface area contributed by atoms with Crippen LogP contribution in [0.3, 0.4) is 0 Å². The number of aliphatic carboxylic acids is 1. The zero-order valence-electron chi connectivity index (χ0n) is 10.4. The first-order valence-corrected chi connectivity index (χ1v) is 6.33. The standard InChI is InChI=1S/C14H18FNO2/c1-2-10-6-7-14(9-10,13(17)18)16-12-5-3-4-11(15)8-12/h3-5,8,10,16H,2,6-7,9H2,1H3,(H,17,18). The first-order valence-electron chi connectivity index (χ1n) is 6.33. The summed E-state index contributed by atoms with van der Waals surface area (Å²) in [6.45, 7) is 2.07. The molecule has 0 amide bonds. The minimum Gasteiger partial charge on any atom is -0.480 e. The summed E-state index contributed by atoms with van der Waals surface area (Å²) in [7, 11) is 0. The van der Waals surface area contributed by atoms with Gasteiger partial charge in [-0.1, -0.05) is 19.4 Å². The number of carbonyl (C=O) groups is 1. The summed E-state index contributed by atoms with van der Waals surface area (Å²) in [4.78, 5) is 11.5. The molecule has 2 N–H and O–H groups in total. The maximum atomic E-state index is 13.1. The Bertz CT molecular complexity index is 449. The lowest BCUT2D eigenvalue weighted by Crippen LogP contribution is -2.44. The lowest BCUT2D eigenvalue weighted by Gasteiger charge is -2.27. The summed E-state index contributed by atoms with van der Waals surface area (Å²) < 4.78 is 13.1. The van der Waals surface area contributed by atoms with Gasteiger partial charge in [-0.25, -0.2) is 9.18 Å². The highest BCUT2D eigenvalue weighted by atomic mass is 19.1. The van der Waals surface area contributed by atoms with Crippen LogP contribution in [0.4, 0.5) is 10.1 Å². The average Bonchev–Trinajstić information content (AvgIpc) is 2.74. The van der Waals surface area contributed by atoms with E-state index < -0.39 is 11.5 Å². The molecule has 0 bridgehead atoms. The lowest BCUT2D eigenvalue weighted by molar-refractivity contribution is -0.142. The molecule has 2 unspecified atom stereocenters. The number of hydrogen-bond donors (Lipinski definition) is 2. The molecule has 1 saturated carbocycles. The number of carboxylic acid groups (broad SMARTS) is 1. The van der Waals surface area contributed by atoms with Crippen molar-refractivity contribution < 1.29 is 14.3 Å². The topological polar surface area (TPSA) is 49.3 Å². The van der Waals surface area contributed by atoms with E-state index in [4.69, 9.17) is 0 Å². The predicted molar refractivity (Wildman–Crippen MR) is 68.0 cm³/mol.